The third-order valence-electron chi connectivity index (χ3n) is 0.115. The Labute approximate surface area is 66.1 Å². The Morgan fingerprint density at radius 1 is 1.67 bits per heavy atom. The van der Waals surface area contributed by atoms with Gasteiger partial charge in [0.25, 0.3) is 0 Å². The van der Waals surface area contributed by atoms with Gasteiger partial charge < -0.3 is 5.11 Å². The molecular weight excluding hydrogens is 175 g/mol. The first-order valence-electron chi connectivity index (χ1n) is 2.31. The van der Waals surface area contributed by atoms with Crippen molar-refractivity contribution in [2.24, 2.45) is 4.52 Å². The summed E-state index contributed by atoms with van der Waals surface area (Å²) in [6.45, 7) is 3.90. The second-order valence-electron chi connectivity index (χ2n) is 0.632. The summed E-state index contributed by atoms with van der Waals surface area (Å²) in [5.74, 6) is 0. The summed E-state index contributed by atoms with van der Waals surface area (Å²) in [7, 11) is 3.35. The molecule has 0 aliphatic carbocycles. The highest BCUT2D eigenvalue weighted by Gasteiger charge is 1.34. The van der Waals surface area contributed by atoms with Gasteiger partial charge in [0.05, 0.1) is 0 Å². The predicted octanol–water partition coefficient (Wildman–Crippen LogP) is 2.39. The van der Waals surface area contributed by atoms with Crippen LogP contribution in [0.4, 0.5) is 0 Å². The molecule has 0 saturated heterocycles. The highest BCUT2D eigenvalue weighted by molar-refractivity contribution is 7.34. The minimum absolute atomic E-state index is 0.250. The number of hydrogen-bond acceptors (Lipinski definition) is 2. The molecule has 0 rings (SSSR count). The lowest BCUT2D eigenvalue weighted by Gasteiger charge is -1.52. The maximum absolute atomic E-state index is 7.57. The number of nitrogens with zero attached hydrogens (tertiary/aromatic N) is 1. The molecule has 0 amide bonds. The SMILES string of the molecule is CCO.CCl.CP=NP. The van der Waals surface area contributed by atoms with Gasteiger partial charge in [-0.05, 0) is 23.0 Å². The minimum Gasteiger partial charge on any atom is -0.397 e. The Morgan fingerprint density at radius 3 is 1.78 bits per heavy atom. The van der Waals surface area contributed by atoms with Gasteiger partial charge in [0.1, 0.15) is 0 Å². The fourth-order valence-corrected chi connectivity index (χ4v) is 0. The maximum atomic E-state index is 7.57. The smallest absolute Gasteiger partial charge is 0.0402 e. The molecule has 0 aliphatic rings. The quantitative estimate of drug-likeness (QED) is 0.461. The molecule has 2 nitrogen and oxygen atoms in total. The van der Waals surface area contributed by atoms with Crippen LogP contribution in [0.1, 0.15) is 6.92 Å². The van der Waals surface area contributed by atoms with E-state index in [1.165, 1.54) is 6.38 Å². The molecule has 0 saturated carbocycles. The number of aliphatic hydroxyl groups excluding tert-OH is 1. The van der Waals surface area contributed by atoms with E-state index in [1.54, 1.807) is 6.92 Å². The van der Waals surface area contributed by atoms with E-state index in [9.17, 15) is 0 Å². The van der Waals surface area contributed by atoms with Crippen molar-refractivity contribution in [1.29, 1.82) is 0 Å². The summed E-state index contributed by atoms with van der Waals surface area (Å²) < 4.78 is 3.62. The minimum atomic E-state index is 0.250. The van der Waals surface area contributed by atoms with Gasteiger partial charge in [0.15, 0.2) is 0 Å². The first kappa shape index (κ1) is 16.4. The molecule has 0 fully saturated rings. The van der Waals surface area contributed by atoms with Crippen molar-refractivity contribution in [2.45, 2.75) is 6.92 Å². The summed E-state index contributed by atoms with van der Waals surface area (Å²) >= 11 is 4.64. The zero-order chi connectivity index (χ0) is 8.12. The van der Waals surface area contributed by atoms with E-state index in [0.717, 1.165) is 8.37 Å². The average Bonchev–Trinajstić information content (AvgIpc) is 1.94. The van der Waals surface area contributed by atoms with Crippen LogP contribution in [0.25, 0.3) is 0 Å². The van der Waals surface area contributed by atoms with Gasteiger partial charge in [-0.2, -0.15) is 0 Å². The molecule has 1 N–H and O–H groups in total. The molecule has 0 radical (unpaired) electrons. The maximum Gasteiger partial charge on any atom is 0.0402 e. The van der Waals surface area contributed by atoms with Gasteiger partial charge in [0, 0.05) is 21.4 Å². The zero-order valence-corrected chi connectivity index (χ0v) is 8.81. The molecule has 1 unspecified atom stereocenters. The third-order valence-corrected chi connectivity index (χ3v) is 1.04. The van der Waals surface area contributed by atoms with Crippen LogP contribution < -0.4 is 0 Å². The van der Waals surface area contributed by atoms with Gasteiger partial charge >= 0.3 is 0 Å². The van der Waals surface area contributed by atoms with Crippen molar-refractivity contribution in [2.75, 3.05) is 19.7 Å². The Morgan fingerprint density at radius 2 is 1.78 bits per heavy atom. The molecule has 5 heteroatoms. The van der Waals surface area contributed by atoms with E-state index in [-0.39, 0.29) is 6.61 Å². The lowest BCUT2D eigenvalue weighted by Crippen LogP contribution is -1.57. The fourth-order valence-electron chi connectivity index (χ4n) is 0. The van der Waals surface area contributed by atoms with E-state index in [4.69, 9.17) is 5.11 Å². The first-order valence-corrected chi connectivity index (χ1v) is 4.87. The molecular formula is C4H14ClNOP2. The van der Waals surface area contributed by atoms with Crippen LogP contribution in [0.5, 0.6) is 0 Å². The van der Waals surface area contributed by atoms with E-state index < -0.39 is 0 Å². The summed E-state index contributed by atoms with van der Waals surface area (Å²) in [6, 6.07) is 0. The van der Waals surface area contributed by atoms with Crippen LogP contribution in [-0.4, -0.2) is 24.8 Å². The summed E-state index contributed by atoms with van der Waals surface area (Å²) in [5, 5.41) is 7.57. The van der Waals surface area contributed by atoms with Gasteiger partial charge in [-0.1, -0.05) is 0 Å². The van der Waals surface area contributed by atoms with E-state index in [1.807, 2.05) is 6.66 Å². The van der Waals surface area contributed by atoms with Gasteiger partial charge in [-0.25, -0.2) is 0 Å². The second kappa shape index (κ2) is 37.2. The summed E-state index contributed by atoms with van der Waals surface area (Å²) in [5.41, 5.74) is 0. The summed E-state index contributed by atoms with van der Waals surface area (Å²) in [4.78, 5) is 0. The van der Waals surface area contributed by atoms with E-state index in [0.29, 0.717) is 0 Å². The largest absolute Gasteiger partial charge is 0.397 e. The van der Waals surface area contributed by atoms with E-state index >= 15 is 0 Å². The van der Waals surface area contributed by atoms with E-state index in [2.05, 4.69) is 25.5 Å². The van der Waals surface area contributed by atoms with Crippen molar-refractivity contribution in [3.05, 3.63) is 0 Å². The van der Waals surface area contributed by atoms with Crippen LogP contribution in [0.2, 0.25) is 0 Å². The van der Waals surface area contributed by atoms with Crippen LogP contribution in [-0.2, 0) is 0 Å². The highest BCUT2D eigenvalue weighted by Crippen LogP contribution is 1.94. The lowest BCUT2D eigenvalue weighted by atomic mass is 10.9. The van der Waals surface area contributed by atoms with Crippen LogP contribution in [0, 0.1) is 0 Å². The van der Waals surface area contributed by atoms with Crippen molar-refractivity contribution >= 4 is 29.4 Å². The third kappa shape index (κ3) is 127. The molecule has 0 bridgehead atoms. The molecule has 9 heavy (non-hydrogen) atoms. The van der Waals surface area contributed by atoms with Gasteiger partial charge in [0.2, 0.25) is 0 Å². The summed E-state index contributed by atoms with van der Waals surface area (Å²) in [6.07, 6.45) is 1.47. The number of halogens is 1. The normalized spacial score (nSPS) is 6.89. The van der Waals surface area contributed by atoms with Gasteiger partial charge in [-0.3, -0.25) is 4.52 Å². The Kier molecular flexibility index (Phi) is 67.8. The first-order chi connectivity index (χ1) is 4.33. The zero-order valence-electron chi connectivity index (χ0n) is 6.00. The predicted molar refractivity (Wildman–Crippen MR) is 49.5 cm³/mol. The van der Waals surface area contributed by atoms with Crippen LogP contribution in [0.15, 0.2) is 4.52 Å². The van der Waals surface area contributed by atoms with Gasteiger partial charge in [-0.15, -0.1) is 11.6 Å². The van der Waals surface area contributed by atoms with Crippen molar-refractivity contribution in [1.82, 2.24) is 0 Å². The number of alkyl halides is 1. The Hall–Kier alpha value is 0.780. The number of rotatable bonds is 0. The molecule has 0 aliphatic heterocycles. The molecule has 0 spiro atoms. The highest BCUT2D eigenvalue weighted by atomic mass is 35.5. The average molecular weight is 190 g/mol. The molecule has 0 aromatic heterocycles. The van der Waals surface area contributed by atoms with Crippen LogP contribution in [0.3, 0.4) is 0 Å². The molecule has 58 valence electrons. The standard InChI is InChI=1S/C2H6O.CH3Cl.CH5NP2/c1-2-3;1-2;1-4-2-3/h3H,2H2,1H3;1H3;3H2,1H3. The lowest BCUT2D eigenvalue weighted by molar-refractivity contribution is 0.318. The number of hydrogen-bond donors (Lipinski definition) is 1. The molecule has 0 heterocycles. The Bertz CT molecular complexity index is 41.5. The topological polar surface area (TPSA) is 32.6 Å². The van der Waals surface area contributed by atoms with Crippen molar-refractivity contribution in [3.8, 4) is 0 Å². The second-order valence-corrected chi connectivity index (χ2v) is 1.96. The molecule has 1 atom stereocenters. The molecule has 0 aromatic carbocycles. The number of aliphatic hydroxyl groups is 1. The van der Waals surface area contributed by atoms with Crippen molar-refractivity contribution in [3.63, 3.8) is 0 Å². The van der Waals surface area contributed by atoms with Crippen molar-refractivity contribution < 1.29 is 5.11 Å². The fraction of sp³-hybridized carbons (Fsp3) is 1.00. The molecule has 0 aromatic rings. The Balaban J connectivity index is -0.0000000646. The van der Waals surface area contributed by atoms with Crippen LogP contribution >= 0.6 is 29.4 Å². The monoisotopic (exact) mass is 189 g/mol.